The normalized spacial score (nSPS) is 16.3. The number of carbonyl (C=O) groups is 1. The number of fused-ring (bicyclic) bond motifs is 1. The molecule has 128 valence electrons. The van der Waals surface area contributed by atoms with Crippen molar-refractivity contribution in [2.24, 2.45) is 0 Å². The second-order valence-electron chi connectivity index (χ2n) is 6.05. The lowest BCUT2D eigenvalue weighted by molar-refractivity contribution is -0.116. The molecule has 5 heterocycles. The van der Waals surface area contributed by atoms with Crippen molar-refractivity contribution >= 4 is 11.7 Å². The second kappa shape index (κ2) is 5.69. The molecule has 0 fully saturated rings. The molecule has 26 heavy (non-hydrogen) atoms. The average Bonchev–Trinajstić information content (AvgIpc) is 3.41. The van der Waals surface area contributed by atoms with Crippen molar-refractivity contribution in [3.8, 4) is 22.8 Å². The van der Waals surface area contributed by atoms with Gasteiger partial charge in [-0.2, -0.15) is 10.2 Å². The summed E-state index contributed by atoms with van der Waals surface area (Å²) >= 11 is 0. The molecular formula is C18H14N6O2. The van der Waals surface area contributed by atoms with Crippen LogP contribution in [0, 0.1) is 0 Å². The molecule has 1 amide bonds. The Morgan fingerprint density at radius 3 is 2.85 bits per heavy atom. The zero-order chi connectivity index (χ0) is 17.5. The lowest BCUT2D eigenvalue weighted by atomic mass is 9.89. The summed E-state index contributed by atoms with van der Waals surface area (Å²) in [6, 6.07) is 11.3. The quantitative estimate of drug-likeness (QED) is 0.528. The van der Waals surface area contributed by atoms with Gasteiger partial charge in [-0.1, -0.05) is 6.07 Å². The van der Waals surface area contributed by atoms with Gasteiger partial charge in [0, 0.05) is 24.4 Å². The first-order valence-electron chi connectivity index (χ1n) is 8.18. The van der Waals surface area contributed by atoms with Gasteiger partial charge in [0.15, 0.2) is 11.6 Å². The van der Waals surface area contributed by atoms with Crippen LogP contribution in [0.25, 0.3) is 22.8 Å². The highest BCUT2D eigenvalue weighted by Crippen LogP contribution is 2.42. The fourth-order valence-electron chi connectivity index (χ4n) is 3.28. The van der Waals surface area contributed by atoms with Gasteiger partial charge in [-0.3, -0.25) is 20.0 Å². The Morgan fingerprint density at radius 2 is 2.04 bits per heavy atom. The molecule has 1 atom stereocenters. The lowest BCUT2D eigenvalue weighted by Crippen LogP contribution is -2.23. The van der Waals surface area contributed by atoms with Crippen LogP contribution in [0.2, 0.25) is 0 Å². The van der Waals surface area contributed by atoms with Gasteiger partial charge in [0.2, 0.25) is 5.91 Å². The predicted molar refractivity (Wildman–Crippen MR) is 93.2 cm³/mol. The second-order valence-corrected chi connectivity index (χ2v) is 6.05. The zero-order valence-electron chi connectivity index (χ0n) is 13.6. The number of rotatable bonds is 3. The molecule has 0 bridgehead atoms. The number of nitrogens with one attached hydrogen (secondary N) is 3. The summed E-state index contributed by atoms with van der Waals surface area (Å²) in [6.45, 7) is 0. The highest BCUT2D eigenvalue weighted by Gasteiger charge is 2.34. The number of pyridine rings is 1. The molecule has 3 N–H and O–H groups in total. The van der Waals surface area contributed by atoms with Gasteiger partial charge in [-0.25, -0.2) is 0 Å². The third kappa shape index (κ3) is 2.31. The topological polar surface area (TPSA) is 112 Å². The van der Waals surface area contributed by atoms with Crippen LogP contribution in [-0.2, 0) is 4.79 Å². The largest absolute Gasteiger partial charge is 0.459 e. The molecule has 8 nitrogen and oxygen atoms in total. The van der Waals surface area contributed by atoms with Crippen LogP contribution in [0.15, 0.2) is 53.2 Å². The minimum atomic E-state index is -0.244. The van der Waals surface area contributed by atoms with Crippen LogP contribution in [0.4, 0.5) is 5.82 Å². The summed E-state index contributed by atoms with van der Waals surface area (Å²) in [5, 5.41) is 16.9. The maximum absolute atomic E-state index is 12.2. The molecule has 8 heteroatoms. The van der Waals surface area contributed by atoms with E-state index in [1.54, 1.807) is 12.4 Å². The van der Waals surface area contributed by atoms with Crippen molar-refractivity contribution in [1.29, 1.82) is 0 Å². The number of furan rings is 1. The minimum Gasteiger partial charge on any atom is -0.459 e. The maximum Gasteiger partial charge on any atom is 0.226 e. The molecule has 0 spiro atoms. The van der Waals surface area contributed by atoms with E-state index in [9.17, 15) is 4.79 Å². The molecular weight excluding hydrogens is 332 g/mol. The van der Waals surface area contributed by atoms with E-state index in [0.29, 0.717) is 17.3 Å². The van der Waals surface area contributed by atoms with Crippen molar-refractivity contribution in [3.05, 3.63) is 60.1 Å². The lowest BCUT2D eigenvalue weighted by Gasteiger charge is -2.21. The highest BCUT2D eigenvalue weighted by atomic mass is 16.3. The summed E-state index contributed by atoms with van der Waals surface area (Å²) in [6.07, 6.45) is 3.67. The van der Waals surface area contributed by atoms with Gasteiger partial charge in [0.25, 0.3) is 0 Å². The Balaban J connectivity index is 1.61. The van der Waals surface area contributed by atoms with Crippen molar-refractivity contribution in [3.63, 3.8) is 0 Å². The Bertz CT molecular complexity index is 1060. The number of aromatic amines is 2. The third-order valence-electron chi connectivity index (χ3n) is 4.46. The number of hydrogen-bond acceptors (Lipinski definition) is 5. The molecule has 0 radical (unpaired) electrons. The van der Waals surface area contributed by atoms with Gasteiger partial charge in [0.1, 0.15) is 11.5 Å². The molecule has 0 aromatic carbocycles. The fraction of sp³-hybridized carbons (Fsp3) is 0.111. The van der Waals surface area contributed by atoms with Gasteiger partial charge in [-0.15, -0.1) is 0 Å². The van der Waals surface area contributed by atoms with Crippen LogP contribution < -0.4 is 5.32 Å². The Hall–Kier alpha value is -3.68. The van der Waals surface area contributed by atoms with Crippen LogP contribution >= 0.6 is 0 Å². The van der Waals surface area contributed by atoms with Gasteiger partial charge in [0.05, 0.1) is 17.3 Å². The smallest absolute Gasteiger partial charge is 0.226 e. The Labute approximate surface area is 147 Å². The van der Waals surface area contributed by atoms with E-state index in [-0.39, 0.29) is 18.2 Å². The first kappa shape index (κ1) is 14.6. The van der Waals surface area contributed by atoms with Gasteiger partial charge < -0.3 is 9.73 Å². The van der Waals surface area contributed by atoms with Crippen molar-refractivity contribution in [2.45, 2.75) is 12.3 Å². The highest BCUT2D eigenvalue weighted by molar-refractivity contribution is 5.95. The molecule has 1 unspecified atom stereocenters. The SMILES string of the molecule is O=C1CC(c2ccc(-c3ccn[nH]3)o2)c2c(n[nH]c2-c2ccccn2)N1. The van der Waals surface area contributed by atoms with E-state index < -0.39 is 0 Å². The molecule has 0 saturated heterocycles. The van der Waals surface area contributed by atoms with E-state index in [4.69, 9.17) is 4.42 Å². The van der Waals surface area contributed by atoms with Crippen LogP contribution in [0.1, 0.15) is 23.7 Å². The Morgan fingerprint density at radius 1 is 1.08 bits per heavy atom. The van der Waals surface area contributed by atoms with Crippen LogP contribution in [0.5, 0.6) is 0 Å². The zero-order valence-corrected chi connectivity index (χ0v) is 13.6. The van der Waals surface area contributed by atoms with E-state index in [1.807, 2.05) is 36.4 Å². The number of nitrogens with zero attached hydrogens (tertiary/aromatic N) is 3. The monoisotopic (exact) mass is 346 g/mol. The first-order chi connectivity index (χ1) is 12.8. The van der Waals surface area contributed by atoms with Gasteiger partial charge in [-0.05, 0) is 30.3 Å². The summed E-state index contributed by atoms with van der Waals surface area (Å²) in [4.78, 5) is 16.5. The number of aromatic nitrogens is 5. The predicted octanol–water partition coefficient (Wildman–Crippen LogP) is 2.93. The van der Waals surface area contributed by atoms with Crippen LogP contribution in [-0.4, -0.2) is 31.3 Å². The Kier molecular flexibility index (Phi) is 3.21. The number of H-pyrrole nitrogens is 2. The minimum absolute atomic E-state index is 0.0962. The summed E-state index contributed by atoms with van der Waals surface area (Å²) in [5.41, 5.74) is 3.22. The molecule has 0 saturated carbocycles. The van der Waals surface area contributed by atoms with Crippen molar-refractivity contribution < 1.29 is 9.21 Å². The number of anilines is 1. The summed E-state index contributed by atoms with van der Waals surface area (Å²) in [7, 11) is 0. The average molecular weight is 346 g/mol. The van der Waals surface area contributed by atoms with Gasteiger partial charge >= 0.3 is 0 Å². The number of carbonyl (C=O) groups excluding carboxylic acids is 1. The molecule has 4 aromatic rings. The van der Waals surface area contributed by atoms with E-state index in [0.717, 1.165) is 22.6 Å². The number of hydrogen-bond donors (Lipinski definition) is 3. The number of amides is 1. The van der Waals surface area contributed by atoms with Crippen molar-refractivity contribution in [1.82, 2.24) is 25.4 Å². The van der Waals surface area contributed by atoms with E-state index in [2.05, 4.69) is 30.7 Å². The van der Waals surface area contributed by atoms with Crippen molar-refractivity contribution in [2.75, 3.05) is 5.32 Å². The van der Waals surface area contributed by atoms with E-state index >= 15 is 0 Å². The van der Waals surface area contributed by atoms with E-state index in [1.165, 1.54) is 0 Å². The molecule has 1 aliphatic rings. The third-order valence-corrected chi connectivity index (χ3v) is 4.46. The molecule has 5 rings (SSSR count). The molecule has 1 aliphatic heterocycles. The standard InChI is InChI=1S/C18H14N6O2/c25-15-9-10(13-4-5-14(26-13)11-6-8-20-22-11)16-17(23-24-18(16)21-15)12-3-1-2-7-19-12/h1-8,10H,9H2,(H,20,22)(H2,21,23,24,25). The first-order valence-corrected chi connectivity index (χ1v) is 8.18. The fourth-order valence-corrected chi connectivity index (χ4v) is 3.28. The summed E-state index contributed by atoms with van der Waals surface area (Å²) < 4.78 is 6.02. The van der Waals surface area contributed by atoms with Crippen LogP contribution in [0.3, 0.4) is 0 Å². The maximum atomic E-state index is 12.2. The molecule has 4 aromatic heterocycles. The molecule has 0 aliphatic carbocycles. The summed E-state index contributed by atoms with van der Waals surface area (Å²) in [5.74, 6) is 1.55.